The average molecular weight is 291 g/mol. The molecule has 19 heavy (non-hydrogen) atoms. The molecule has 0 amide bonds. The third kappa shape index (κ3) is 4.61. The van der Waals surface area contributed by atoms with Crippen molar-refractivity contribution in [3.63, 3.8) is 0 Å². The van der Waals surface area contributed by atoms with Gasteiger partial charge >= 0.3 is 0 Å². The van der Waals surface area contributed by atoms with Crippen LogP contribution >= 0.6 is 23.6 Å². The highest BCUT2D eigenvalue weighted by atomic mass is 32.1. The van der Waals surface area contributed by atoms with Crippen molar-refractivity contribution in [2.75, 3.05) is 11.9 Å². The molecule has 0 saturated carbocycles. The van der Waals surface area contributed by atoms with Crippen LogP contribution in [0.4, 0.5) is 5.13 Å². The highest BCUT2D eigenvalue weighted by molar-refractivity contribution is 7.80. The zero-order chi connectivity index (χ0) is 13.7. The second kappa shape index (κ2) is 6.63. The van der Waals surface area contributed by atoms with Crippen LogP contribution in [0.5, 0.6) is 0 Å². The van der Waals surface area contributed by atoms with E-state index in [1.54, 1.807) is 11.3 Å². The highest BCUT2D eigenvalue weighted by Gasteiger charge is 2.01. The molecule has 0 radical (unpaired) electrons. The first-order chi connectivity index (χ1) is 9.13. The van der Waals surface area contributed by atoms with E-state index in [2.05, 4.69) is 46.8 Å². The minimum atomic E-state index is 0.626. The number of nitrogens with one attached hydrogen (secondary N) is 2. The summed E-state index contributed by atoms with van der Waals surface area (Å²) >= 11 is 6.79. The van der Waals surface area contributed by atoms with E-state index in [1.165, 1.54) is 11.1 Å². The van der Waals surface area contributed by atoms with Crippen molar-refractivity contribution in [2.45, 2.75) is 20.3 Å². The van der Waals surface area contributed by atoms with E-state index in [4.69, 9.17) is 12.2 Å². The quantitative estimate of drug-likeness (QED) is 0.848. The van der Waals surface area contributed by atoms with E-state index < -0.39 is 0 Å². The summed E-state index contributed by atoms with van der Waals surface area (Å²) in [4.78, 5) is 4.31. The number of hydrogen-bond donors (Lipinski definition) is 2. The number of nitrogens with zero attached hydrogens (tertiary/aromatic N) is 1. The third-order valence-electron chi connectivity index (χ3n) is 2.66. The summed E-state index contributed by atoms with van der Waals surface area (Å²) < 4.78 is 0. The number of hydrogen-bond acceptors (Lipinski definition) is 3. The van der Waals surface area contributed by atoms with Gasteiger partial charge in [-0.15, -0.1) is 11.3 Å². The van der Waals surface area contributed by atoms with E-state index in [0.29, 0.717) is 5.11 Å². The molecular weight excluding hydrogens is 274 g/mol. The van der Waals surface area contributed by atoms with Gasteiger partial charge in [-0.05, 0) is 38.0 Å². The van der Waals surface area contributed by atoms with Crippen LogP contribution in [0.15, 0.2) is 29.6 Å². The number of benzene rings is 1. The Morgan fingerprint density at radius 1 is 1.26 bits per heavy atom. The molecule has 0 atom stereocenters. The standard InChI is InChI=1S/C14H17N3S2/c1-10-3-5-12(6-4-10)7-8-15-13(18)17-14-16-11(2)9-19-14/h3-6,9H,7-8H2,1-2H3,(H2,15,16,17,18). The second-order valence-electron chi connectivity index (χ2n) is 4.41. The van der Waals surface area contributed by atoms with E-state index in [1.807, 2.05) is 12.3 Å². The fourth-order valence-corrected chi connectivity index (χ4v) is 2.58. The van der Waals surface area contributed by atoms with Crippen LogP contribution in [0.3, 0.4) is 0 Å². The van der Waals surface area contributed by atoms with Crippen molar-refractivity contribution in [1.82, 2.24) is 10.3 Å². The zero-order valence-electron chi connectivity index (χ0n) is 11.1. The Morgan fingerprint density at radius 3 is 2.63 bits per heavy atom. The average Bonchev–Trinajstić information content (AvgIpc) is 2.77. The predicted octanol–water partition coefficient (Wildman–Crippen LogP) is 3.29. The van der Waals surface area contributed by atoms with Crippen LogP contribution in [0.2, 0.25) is 0 Å². The van der Waals surface area contributed by atoms with Gasteiger partial charge in [0.15, 0.2) is 10.2 Å². The number of anilines is 1. The van der Waals surface area contributed by atoms with Crippen LogP contribution in [0.1, 0.15) is 16.8 Å². The SMILES string of the molecule is Cc1ccc(CCNC(=S)Nc2nc(C)cs2)cc1. The maximum Gasteiger partial charge on any atom is 0.189 e. The van der Waals surface area contributed by atoms with E-state index >= 15 is 0 Å². The molecule has 5 heteroatoms. The van der Waals surface area contributed by atoms with Crippen molar-refractivity contribution >= 4 is 33.8 Å². The lowest BCUT2D eigenvalue weighted by Gasteiger charge is -2.08. The summed E-state index contributed by atoms with van der Waals surface area (Å²) in [6.45, 7) is 4.88. The van der Waals surface area contributed by atoms with Crippen LogP contribution in [-0.2, 0) is 6.42 Å². The molecule has 2 N–H and O–H groups in total. The van der Waals surface area contributed by atoms with Crippen LogP contribution in [0.25, 0.3) is 0 Å². The van der Waals surface area contributed by atoms with Gasteiger partial charge in [-0.2, -0.15) is 0 Å². The molecule has 0 unspecified atom stereocenters. The van der Waals surface area contributed by atoms with Gasteiger partial charge in [0.25, 0.3) is 0 Å². The zero-order valence-corrected chi connectivity index (χ0v) is 12.7. The summed E-state index contributed by atoms with van der Waals surface area (Å²) in [7, 11) is 0. The minimum Gasteiger partial charge on any atom is -0.362 e. The van der Waals surface area contributed by atoms with Gasteiger partial charge in [-0.3, -0.25) is 0 Å². The number of thiazole rings is 1. The van der Waals surface area contributed by atoms with Gasteiger partial charge < -0.3 is 10.6 Å². The summed E-state index contributed by atoms with van der Waals surface area (Å²) in [6.07, 6.45) is 0.957. The molecule has 0 bridgehead atoms. The lowest BCUT2D eigenvalue weighted by atomic mass is 10.1. The van der Waals surface area contributed by atoms with E-state index in [-0.39, 0.29) is 0 Å². The summed E-state index contributed by atoms with van der Waals surface area (Å²) in [6, 6.07) is 8.56. The Morgan fingerprint density at radius 2 is 2.00 bits per heavy atom. The molecular formula is C14H17N3S2. The van der Waals surface area contributed by atoms with Gasteiger partial charge in [-0.1, -0.05) is 29.8 Å². The molecule has 3 nitrogen and oxygen atoms in total. The molecule has 0 spiro atoms. The molecule has 1 heterocycles. The maximum atomic E-state index is 5.23. The summed E-state index contributed by atoms with van der Waals surface area (Å²) in [5.74, 6) is 0. The van der Waals surface area contributed by atoms with Gasteiger partial charge in [0.05, 0.1) is 5.69 Å². The lowest BCUT2D eigenvalue weighted by Crippen LogP contribution is -2.30. The lowest BCUT2D eigenvalue weighted by molar-refractivity contribution is 0.873. The highest BCUT2D eigenvalue weighted by Crippen LogP contribution is 2.13. The maximum absolute atomic E-state index is 5.23. The number of aryl methyl sites for hydroxylation is 2. The molecule has 2 rings (SSSR count). The van der Waals surface area contributed by atoms with Crippen LogP contribution in [-0.4, -0.2) is 16.6 Å². The Labute approximate surface area is 123 Å². The van der Waals surface area contributed by atoms with Crippen LogP contribution < -0.4 is 10.6 Å². The summed E-state index contributed by atoms with van der Waals surface area (Å²) in [5, 5.41) is 9.74. The molecule has 1 aromatic carbocycles. The largest absolute Gasteiger partial charge is 0.362 e. The Balaban J connectivity index is 1.73. The third-order valence-corrected chi connectivity index (χ3v) is 3.78. The van der Waals surface area contributed by atoms with Crippen LogP contribution in [0, 0.1) is 13.8 Å². The van der Waals surface area contributed by atoms with Gasteiger partial charge in [0, 0.05) is 11.9 Å². The Bertz CT molecular complexity index is 546. The summed E-state index contributed by atoms with van der Waals surface area (Å²) in [5.41, 5.74) is 3.61. The molecule has 0 aliphatic carbocycles. The van der Waals surface area contributed by atoms with Gasteiger partial charge in [0.2, 0.25) is 0 Å². The molecule has 0 aliphatic rings. The van der Waals surface area contributed by atoms with Gasteiger partial charge in [-0.25, -0.2) is 4.98 Å². The van der Waals surface area contributed by atoms with Crippen molar-refractivity contribution in [1.29, 1.82) is 0 Å². The van der Waals surface area contributed by atoms with Crippen molar-refractivity contribution in [2.24, 2.45) is 0 Å². The fraction of sp³-hybridized carbons (Fsp3) is 0.286. The molecule has 1 aromatic heterocycles. The second-order valence-corrected chi connectivity index (χ2v) is 5.68. The molecule has 0 fully saturated rings. The topological polar surface area (TPSA) is 37.0 Å². The predicted molar refractivity (Wildman–Crippen MR) is 86.0 cm³/mol. The first kappa shape index (κ1) is 14.0. The van der Waals surface area contributed by atoms with Crippen molar-refractivity contribution in [3.05, 3.63) is 46.5 Å². The van der Waals surface area contributed by atoms with Crippen molar-refractivity contribution < 1.29 is 0 Å². The first-order valence-electron chi connectivity index (χ1n) is 6.16. The molecule has 2 aromatic rings. The number of aromatic nitrogens is 1. The van der Waals surface area contributed by atoms with E-state index in [0.717, 1.165) is 23.8 Å². The fourth-order valence-electron chi connectivity index (χ4n) is 1.63. The Hall–Kier alpha value is -1.46. The number of thiocarbonyl (C=S) groups is 1. The van der Waals surface area contributed by atoms with Crippen molar-refractivity contribution in [3.8, 4) is 0 Å². The Kier molecular flexibility index (Phi) is 4.87. The normalized spacial score (nSPS) is 10.2. The smallest absolute Gasteiger partial charge is 0.189 e. The monoisotopic (exact) mass is 291 g/mol. The first-order valence-corrected chi connectivity index (χ1v) is 7.45. The number of rotatable bonds is 4. The molecule has 100 valence electrons. The molecule has 0 aliphatic heterocycles. The van der Waals surface area contributed by atoms with E-state index in [9.17, 15) is 0 Å². The minimum absolute atomic E-state index is 0.626. The van der Waals surface area contributed by atoms with Gasteiger partial charge in [0.1, 0.15) is 0 Å². The molecule has 0 saturated heterocycles.